The first-order chi connectivity index (χ1) is 12.0. The third-order valence-electron chi connectivity index (χ3n) is 3.76. The van der Waals surface area contributed by atoms with E-state index in [2.05, 4.69) is 43.4 Å². The topological polar surface area (TPSA) is 55.8 Å². The number of carbonyl (C=O) groups excluding carboxylic acids is 2. The molecule has 6 heteroatoms. The number of rotatable bonds is 5. The van der Waals surface area contributed by atoms with Crippen molar-refractivity contribution in [1.82, 2.24) is 4.90 Å². The molecule has 142 valence electrons. The van der Waals surface area contributed by atoms with Crippen LogP contribution in [-0.2, 0) is 19.1 Å². The average Bonchev–Trinajstić information content (AvgIpc) is 2.57. The number of hydrogen-bond donors (Lipinski definition) is 0. The average molecular weight is 471 g/mol. The molecule has 0 spiro atoms. The molecule has 1 rings (SSSR count). The van der Waals surface area contributed by atoms with Gasteiger partial charge in [-0.1, -0.05) is 32.9 Å². The molecule has 0 heterocycles. The molecule has 0 saturated heterocycles. The molecule has 0 atom stereocenters. The first kappa shape index (κ1) is 22.2. The van der Waals surface area contributed by atoms with E-state index in [0.29, 0.717) is 5.70 Å². The van der Waals surface area contributed by atoms with Crippen LogP contribution in [0.5, 0.6) is 0 Å². The molecule has 0 unspecified atom stereocenters. The van der Waals surface area contributed by atoms with Crippen LogP contribution in [0.25, 0.3) is 5.57 Å². The summed E-state index contributed by atoms with van der Waals surface area (Å²) in [5, 5.41) is 0. The van der Waals surface area contributed by atoms with Gasteiger partial charge in [0.2, 0.25) is 0 Å². The Balaban J connectivity index is 3.76. The molecule has 1 aromatic carbocycles. The van der Waals surface area contributed by atoms with E-state index in [1.54, 1.807) is 19.0 Å². The summed E-state index contributed by atoms with van der Waals surface area (Å²) < 4.78 is 10.7. The molecule has 0 aliphatic rings. The molecule has 0 bridgehead atoms. The van der Waals surface area contributed by atoms with Crippen molar-refractivity contribution in [3.05, 3.63) is 50.7 Å². The molecule has 5 nitrogen and oxygen atoms in total. The van der Waals surface area contributed by atoms with Crippen LogP contribution in [0.15, 0.2) is 41.6 Å². The monoisotopic (exact) mass is 471 g/mol. The van der Waals surface area contributed by atoms with E-state index in [0.717, 1.165) is 14.7 Å². The highest BCUT2D eigenvalue weighted by Gasteiger charge is 2.27. The summed E-state index contributed by atoms with van der Waals surface area (Å²) in [4.78, 5) is 26.2. The van der Waals surface area contributed by atoms with Gasteiger partial charge < -0.3 is 14.4 Å². The number of ether oxygens (including phenoxy) is 2. The van der Waals surface area contributed by atoms with Crippen molar-refractivity contribution in [2.45, 2.75) is 20.8 Å². The second-order valence-corrected chi connectivity index (χ2v) is 8.20. The Morgan fingerprint density at radius 2 is 1.46 bits per heavy atom. The van der Waals surface area contributed by atoms with E-state index in [-0.39, 0.29) is 11.0 Å². The van der Waals surface area contributed by atoms with E-state index in [1.165, 1.54) is 14.2 Å². The first-order valence-corrected chi connectivity index (χ1v) is 9.17. The SMILES string of the molecule is COC(=O)C(C(=O)OC)=C(/C=C(\c1ccc(I)cc1)C(C)(C)C)N(C)C. The molecule has 0 fully saturated rings. The Hall–Kier alpha value is -1.83. The molecule has 0 saturated carbocycles. The maximum absolute atomic E-state index is 12.2. The summed E-state index contributed by atoms with van der Waals surface area (Å²) in [6.07, 6.45) is 1.85. The standard InChI is InChI=1S/C20H26INO4/c1-20(2,3)15(13-8-10-14(21)11-9-13)12-16(22(4)5)17(18(23)25-6)19(24)26-7/h8-12H,1-7H3/b15-12+. The number of carbonyl (C=O) groups is 2. The van der Waals surface area contributed by atoms with E-state index < -0.39 is 11.9 Å². The van der Waals surface area contributed by atoms with Crippen LogP contribution in [0.4, 0.5) is 0 Å². The Kier molecular flexibility index (Phi) is 7.87. The first-order valence-electron chi connectivity index (χ1n) is 8.09. The van der Waals surface area contributed by atoms with Gasteiger partial charge in [-0.15, -0.1) is 0 Å². The lowest BCUT2D eigenvalue weighted by molar-refractivity contribution is -0.144. The summed E-state index contributed by atoms with van der Waals surface area (Å²) in [5.41, 5.74) is 2.10. The number of benzene rings is 1. The van der Waals surface area contributed by atoms with Gasteiger partial charge in [-0.25, -0.2) is 9.59 Å². The molecule has 0 radical (unpaired) electrons. The van der Waals surface area contributed by atoms with Crippen LogP contribution in [0, 0.1) is 8.99 Å². The number of allylic oxidation sites excluding steroid dienone is 2. The number of nitrogens with zero attached hydrogens (tertiary/aromatic N) is 1. The minimum Gasteiger partial charge on any atom is -0.465 e. The highest BCUT2D eigenvalue weighted by Crippen LogP contribution is 2.36. The summed E-state index contributed by atoms with van der Waals surface area (Å²) in [6.45, 7) is 6.25. The van der Waals surface area contributed by atoms with Gasteiger partial charge in [-0.3, -0.25) is 0 Å². The van der Waals surface area contributed by atoms with Gasteiger partial charge in [0, 0.05) is 17.7 Å². The minimum absolute atomic E-state index is 0.132. The molecule has 0 aliphatic carbocycles. The molecule has 0 N–H and O–H groups in total. The Morgan fingerprint density at radius 3 is 1.81 bits per heavy atom. The van der Waals surface area contributed by atoms with Crippen molar-refractivity contribution >= 4 is 40.1 Å². The van der Waals surface area contributed by atoms with Crippen LogP contribution in [0.2, 0.25) is 0 Å². The number of likely N-dealkylation sites (N-methyl/N-ethyl adjacent to an activating group) is 1. The maximum atomic E-state index is 12.2. The summed E-state index contributed by atoms with van der Waals surface area (Å²) in [6, 6.07) is 8.11. The minimum atomic E-state index is -0.729. The third-order valence-corrected chi connectivity index (χ3v) is 4.48. The zero-order valence-corrected chi connectivity index (χ0v) is 18.5. The highest BCUT2D eigenvalue weighted by atomic mass is 127. The Bertz CT molecular complexity index is 707. The van der Waals surface area contributed by atoms with Crippen molar-refractivity contribution in [3.63, 3.8) is 0 Å². The molecule has 26 heavy (non-hydrogen) atoms. The van der Waals surface area contributed by atoms with Crippen molar-refractivity contribution in [1.29, 1.82) is 0 Å². The second-order valence-electron chi connectivity index (χ2n) is 6.95. The van der Waals surface area contributed by atoms with Gasteiger partial charge in [0.15, 0.2) is 5.57 Å². The fourth-order valence-corrected chi connectivity index (χ4v) is 2.78. The normalized spacial score (nSPS) is 11.6. The van der Waals surface area contributed by atoms with Gasteiger partial charge in [0.25, 0.3) is 0 Å². The maximum Gasteiger partial charge on any atom is 0.347 e. The van der Waals surface area contributed by atoms with Crippen LogP contribution in [0.3, 0.4) is 0 Å². The molecule has 0 aromatic heterocycles. The van der Waals surface area contributed by atoms with Crippen LogP contribution in [0.1, 0.15) is 26.3 Å². The summed E-state index contributed by atoms with van der Waals surface area (Å²) in [5.74, 6) is -1.46. The molecule has 0 aliphatic heterocycles. The number of esters is 2. The predicted octanol–water partition coefficient (Wildman–Crippen LogP) is 3.88. The number of hydrogen-bond acceptors (Lipinski definition) is 5. The van der Waals surface area contributed by atoms with Crippen molar-refractivity contribution in [3.8, 4) is 0 Å². The van der Waals surface area contributed by atoms with Crippen molar-refractivity contribution in [2.75, 3.05) is 28.3 Å². The van der Waals surface area contributed by atoms with Crippen LogP contribution >= 0.6 is 22.6 Å². The van der Waals surface area contributed by atoms with Gasteiger partial charge in [-0.05, 0) is 57.4 Å². The zero-order valence-electron chi connectivity index (χ0n) is 16.3. The van der Waals surface area contributed by atoms with Gasteiger partial charge in [-0.2, -0.15) is 0 Å². The fourth-order valence-electron chi connectivity index (χ4n) is 2.42. The Labute approximate surface area is 169 Å². The van der Waals surface area contributed by atoms with Gasteiger partial charge in [0.05, 0.1) is 19.9 Å². The lowest BCUT2D eigenvalue weighted by Gasteiger charge is -2.26. The van der Waals surface area contributed by atoms with Crippen LogP contribution in [-0.4, -0.2) is 45.2 Å². The van der Waals surface area contributed by atoms with E-state index in [4.69, 9.17) is 9.47 Å². The van der Waals surface area contributed by atoms with Gasteiger partial charge in [0.1, 0.15) is 0 Å². The Morgan fingerprint density at radius 1 is 1.00 bits per heavy atom. The fraction of sp³-hybridized carbons (Fsp3) is 0.400. The van der Waals surface area contributed by atoms with E-state index >= 15 is 0 Å². The predicted molar refractivity (Wildman–Crippen MR) is 111 cm³/mol. The van der Waals surface area contributed by atoms with E-state index in [9.17, 15) is 9.59 Å². The molecule has 0 amide bonds. The second kappa shape index (κ2) is 9.21. The smallest absolute Gasteiger partial charge is 0.347 e. The van der Waals surface area contributed by atoms with Crippen molar-refractivity contribution < 1.29 is 19.1 Å². The zero-order chi connectivity index (χ0) is 20.1. The van der Waals surface area contributed by atoms with Crippen molar-refractivity contribution in [2.24, 2.45) is 5.41 Å². The number of methoxy groups -OCH3 is 2. The van der Waals surface area contributed by atoms with Gasteiger partial charge >= 0.3 is 11.9 Å². The van der Waals surface area contributed by atoms with Crippen LogP contribution < -0.4 is 0 Å². The lowest BCUT2D eigenvalue weighted by atomic mass is 9.81. The molecular weight excluding hydrogens is 445 g/mol. The molecule has 1 aromatic rings. The number of halogens is 1. The van der Waals surface area contributed by atoms with E-state index in [1.807, 2.05) is 30.3 Å². The lowest BCUT2D eigenvalue weighted by Crippen LogP contribution is -2.24. The summed E-state index contributed by atoms with van der Waals surface area (Å²) >= 11 is 2.26. The quantitative estimate of drug-likeness (QED) is 0.163. The molecular formula is C20H26INO4. The highest BCUT2D eigenvalue weighted by molar-refractivity contribution is 14.1. The summed E-state index contributed by atoms with van der Waals surface area (Å²) in [7, 11) is 6.02. The third kappa shape index (κ3) is 5.59. The largest absolute Gasteiger partial charge is 0.465 e.